The Bertz CT molecular complexity index is 213. The molecule has 2 N–H and O–H groups in total. The molecule has 0 heterocycles. The Labute approximate surface area is 116 Å². The molecule has 0 aromatic rings. The van der Waals surface area contributed by atoms with E-state index in [1.807, 2.05) is 0 Å². The van der Waals surface area contributed by atoms with Gasteiger partial charge in [0.25, 0.3) is 0 Å². The maximum Gasteiger partial charge on any atom is 0.190 e. The van der Waals surface area contributed by atoms with Gasteiger partial charge in [0, 0.05) is 47.6 Å². The summed E-state index contributed by atoms with van der Waals surface area (Å²) in [4.78, 5) is 4.15. The fourth-order valence-electron chi connectivity index (χ4n) is 1.42. The smallest absolute Gasteiger partial charge is 0.190 e. The molecule has 0 saturated heterocycles. The summed E-state index contributed by atoms with van der Waals surface area (Å²) < 4.78 is 15.3. The number of hydrogen-bond acceptors (Lipinski definition) is 4. The Morgan fingerprint density at radius 2 is 1.53 bits per heavy atom. The molecule has 114 valence electrons. The maximum atomic E-state index is 5.39. The van der Waals surface area contributed by atoms with E-state index in [0.29, 0.717) is 13.2 Å². The monoisotopic (exact) mass is 275 g/mol. The molecular formula is C13H29N3O3. The predicted octanol–water partition coefficient (Wildman–Crippen LogP) is 0.631. The molecule has 0 radical (unpaired) electrons. The fraction of sp³-hybridized carbons (Fsp3) is 0.923. The molecule has 0 amide bonds. The average molecular weight is 275 g/mol. The zero-order valence-electron chi connectivity index (χ0n) is 12.5. The van der Waals surface area contributed by atoms with Crippen molar-refractivity contribution in [2.75, 3.05) is 60.8 Å². The highest BCUT2D eigenvalue weighted by Crippen LogP contribution is 1.89. The van der Waals surface area contributed by atoms with Gasteiger partial charge in [-0.25, -0.2) is 0 Å². The molecule has 0 aromatic heterocycles. The molecule has 0 aliphatic heterocycles. The van der Waals surface area contributed by atoms with E-state index in [9.17, 15) is 0 Å². The van der Waals surface area contributed by atoms with E-state index >= 15 is 0 Å². The molecule has 0 fully saturated rings. The lowest BCUT2D eigenvalue weighted by molar-refractivity contribution is 0.0689. The summed E-state index contributed by atoms with van der Waals surface area (Å²) in [7, 11) is 5.17. The van der Waals surface area contributed by atoms with Crippen molar-refractivity contribution in [3.63, 3.8) is 0 Å². The molecular weight excluding hydrogens is 246 g/mol. The predicted molar refractivity (Wildman–Crippen MR) is 77.8 cm³/mol. The Morgan fingerprint density at radius 1 is 0.842 bits per heavy atom. The normalized spacial score (nSPS) is 11.6. The van der Waals surface area contributed by atoms with E-state index in [1.54, 1.807) is 21.3 Å². The van der Waals surface area contributed by atoms with Crippen molar-refractivity contribution in [3.8, 4) is 0 Å². The van der Waals surface area contributed by atoms with Gasteiger partial charge in [0.2, 0.25) is 0 Å². The number of aliphatic imine (C=N–C) groups is 1. The third-order valence-electron chi connectivity index (χ3n) is 2.48. The SMILES string of the molecule is CN=C(NCCCCOCCOC)NCCCOC. The lowest BCUT2D eigenvalue weighted by Gasteiger charge is -2.11. The minimum absolute atomic E-state index is 0.663. The maximum absolute atomic E-state index is 5.39. The van der Waals surface area contributed by atoms with Crippen LogP contribution in [0.15, 0.2) is 4.99 Å². The lowest BCUT2D eigenvalue weighted by Crippen LogP contribution is -2.38. The van der Waals surface area contributed by atoms with Gasteiger partial charge >= 0.3 is 0 Å². The molecule has 0 aromatic carbocycles. The standard InChI is InChI=1S/C13H29N3O3/c1-14-13(16-8-6-9-17-2)15-7-4-5-10-19-12-11-18-3/h4-12H2,1-3H3,(H2,14,15,16). The lowest BCUT2D eigenvalue weighted by atomic mass is 10.3. The summed E-state index contributed by atoms with van der Waals surface area (Å²) in [6.07, 6.45) is 3.08. The van der Waals surface area contributed by atoms with E-state index in [0.717, 1.165) is 51.5 Å². The van der Waals surface area contributed by atoms with Crippen LogP contribution in [-0.4, -0.2) is 66.7 Å². The number of nitrogens with zero attached hydrogens (tertiary/aromatic N) is 1. The summed E-state index contributed by atoms with van der Waals surface area (Å²) in [6, 6.07) is 0. The highest BCUT2D eigenvalue weighted by molar-refractivity contribution is 5.79. The number of hydrogen-bond donors (Lipinski definition) is 2. The van der Waals surface area contributed by atoms with Crippen molar-refractivity contribution in [1.82, 2.24) is 10.6 Å². The zero-order valence-corrected chi connectivity index (χ0v) is 12.5. The van der Waals surface area contributed by atoms with Crippen LogP contribution in [-0.2, 0) is 14.2 Å². The second-order valence-electron chi connectivity index (χ2n) is 4.08. The van der Waals surface area contributed by atoms with E-state index in [4.69, 9.17) is 14.2 Å². The van der Waals surface area contributed by atoms with Gasteiger partial charge in [-0.3, -0.25) is 4.99 Å². The van der Waals surface area contributed by atoms with Crippen molar-refractivity contribution in [2.45, 2.75) is 19.3 Å². The molecule has 6 nitrogen and oxygen atoms in total. The molecule has 19 heavy (non-hydrogen) atoms. The molecule has 6 heteroatoms. The van der Waals surface area contributed by atoms with E-state index in [2.05, 4.69) is 15.6 Å². The van der Waals surface area contributed by atoms with Crippen molar-refractivity contribution in [2.24, 2.45) is 4.99 Å². The Balaban J connectivity index is 3.32. The van der Waals surface area contributed by atoms with Gasteiger partial charge in [0.1, 0.15) is 0 Å². The minimum atomic E-state index is 0.663. The van der Waals surface area contributed by atoms with Crippen molar-refractivity contribution < 1.29 is 14.2 Å². The molecule has 0 aliphatic carbocycles. The number of guanidine groups is 1. The van der Waals surface area contributed by atoms with Crippen LogP contribution in [0.25, 0.3) is 0 Å². The second kappa shape index (κ2) is 15.2. The largest absolute Gasteiger partial charge is 0.385 e. The number of ether oxygens (including phenoxy) is 3. The van der Waals surface area contributed by atoms with Crippen LogP contribution < -0.4 is 10.6 Å². The van der Waals surface area contributed by atoms with Crippen LogP contribution in [0.4, 0.5) is 0 Å². The highest BCUT2D eigenvalue weighted by atomic mass is 16.5. The molecule has 0 spiro atoms. The first kappa shape index (κ1) is 18.1. The average Bonchev–Trinajstić information content (AvgIpc) is 2.44. The Morgan fingerprint density at radius 3 is 2.16 bits per heavy atom. The number of methoxy groups -OCH3 is 2. The minimum Gasteiger partial charge on any atom is -0.385 e. The van der Waals surface area contributed by atoms with Gasteiger partial charge in [-0.05, 0) is 19.3 Å². The zero-order chi connectivity index (χ0) is 14.2. The number of unbranched alkanes of at least 4 members (excludes halogenated alkanes) is 1. The molecule has 0 atom stereocenters. The van der Waals surface area contributed by atoms with Crippen LogP contribution in [0, 0.1) is 0 Å². The van der Waals surface area contributed by atoms with Gasteiger partial charge in [0.05, 0.1) is 13.2 Å². The number of rotatable bonds is 12. The molecule has 0 bridgehead atoms. The van der Waals surface area contributed by atoms with Gasteiger partial charge in [-0.1, -0.05) is 0 Å². The number of nitrogens with one attached hydrogen (secondary N) is 2. The highest BCUT2D eigenvalue weighted by Gasteiger charge is 1.96. The van der Waals surface area contributed by atoms with Crippen molar-refractivity contribution >= 4 is 5.96 Å². The quantitative estimate of drug-likeness (QED) is 0.311. The second-order valence-corrected chi connectivity index (χ2v) is 4.08. The first-order chi connectivity index (χ1) is 9.35. The Kier molecular flexibility index (Phi) is 14.5. The van der Waals surface area contributed by atoms with Gasteiger partial charge in [0.15, 0.2) is 5.96 Å². The van der Waals surface area contributed by atoms with Crippen LogP contribution in [0.5, 0.6) is 0 Å². The van der Waals surface area contributed by atoms with Crippen LogP contribution in [0.1, 0.15) is 19.3 Å². The molecule has 0 unspecified atom stereocenters. The molecule has 0 saturated carbocycles. The molecule has 0 rings (SSSR count). The van der Waals surface area contributed by atoms with Crippen LogP contribution in [0.2, 0.25) is 0 Å². The summed E-state index contributed by atoms with van der Waals surface area (Å²) >= 11 is 0. The van der Waals surface area contributed by atoms with E-state index in [1.165, 1.54) is 0 Å². The van der Waals surface area contributed by atoms with Gasteiger partial charge in [-0.2, -0.15) is 0 Å². The Hall–Kier alpha value is -0.850. The summed E-state index contributed by atoms with van der Waals surface area (Å²) in [5.41, 5.74) is 0. The van der Waals surface area contributed by atoms with Crippen molar-refractivity contribution in [1.29, 1.82) is 0 Å². The third-order valence-corrected chi connectivity index (χ3v) is 2.48. The first-order valence-corrected chi connectivity index (χ1v) is 6.85. The fourth-order valence-corrected chi connectivity index (χ4v) is 1.42. The third kappa shape index (κ3) is 13.4. The van der Waals surface area contributed by atoms with E-state index < -0.39 is 0 Å². The van der Waals surface area contributed by atoms with Crippen LogP contribution in [0.3, 0.4) is 0 Å². The summed E-state index contributed by atoms with van der Waals surface area (Å²) in [6.45, 7) is 4.65. The summed E-state index contributed by atoms with van der Waals surface area (Å²) in [5.74, 6) is 0.844. The summed E-state index contributed by atoms with van der Waals surface area (Å²) in [5, 5.41) is 6.50. The molecule has 0 aliphatic rings. The topological polar surface area (TPSA) is 64.1 Å². The van der Waals surface area contributed by atoms with Gasteiger partial charge < -0.3 is 24.8 Å². The van der Waals surface area contributed by atoms with E-state index in [-0.39, 0.29) is 0 Å². The van der Waals surface area contributed by atoms with Crippen molar-refractivity contribution in [3.05, 3.63) is 0 Å². The first-order valence-electron chi connectivity index (χ1n) is 6.85. The van der Waals surface area contributed by atoms with Gasteiger partial charge in [-0.15, -0.1) is 0 Å². The van der Waals surface area contributed by atoms with Crippen LogP contribution >= 0.6 is 0 Å².